The number of thioether (sulfide) groups is 1. The molecule has 1 atom stereocenters. The number of H-pyrrole nitrogens is 1. The molecule has 0 aliphatic carbocycles. The molecule has 0 saturated carbocycles. The van der Waals surface area contributed by atoms with Gasteiger partial charge < -0.3 is 24.5 Å². The Kier molecular flexibility index (Phi) is 6.71. The second-order valence-corrected chi connectivity index (χ2v) is 7.77. The van der Waals surface area contributed by atoms with Gasteiger partial charge in [-0.2, -0.15) is 0 Å². The van der Waals surface area contributed by atoms with Crippen LogP contribution in [0.15, 0.2) is 39.4 Å². The van der Waals surface area contributed by atoms with Gasteiger partial charge >= 0.3 is 5.97 Å². The zero-order chi connectivity index (χ0) is 21.8. The molecular weight excluding hydrogens is 406 g/mol. The Morgan fingerprint density at radius 2 is 1.93 bits per heavy atom. The van der Waals surface area contributed by atoms with Crippen LogP contribution in [0.1, 0.15) is 37.3 Å². The minimum absolute atomic E-state index is 0.306. The minimum Gasteiger partial charge on any atom is -0.493 e. The van der Waals surface area contributed by atoms with Crippen LogP contribution in [0.2, 0.25) is 0 Å². The van der Waals surface area contributed by atoms with Crippen LogP contribution in [0.4, 0.5) is 5.82 Å². The third-order valence-corrected chi connectivity index (χ3v) is 5.89. The normalized spacial score (nSPS) is 15.3. The second kappa shape index (κ2) is 9.25. The Hall–Kier alpha value is -2.94. The lowest BCUT2D eigenvalue weighted by molar-refractivity contribution is -0.136. The number of hydrogen-bond donors (Lipinski definition) is 2. The van der Waals surface area contributed by atoms with Crippen molar-refractivity contribution in [2.45, 2.75) is 31.3 Å². The van der Waals surface area contributed by atoms with Crippen LogP contribution in [0.25, 0.3) is 0 Å². The lowest BCUT2D eigenvalue weighted by Crippen LogP contribution is -2.31. The molecule has 2 N–H and O–H groups in total. The Bertz CT molecular complexity index is 1050. The number of hydrogen-bond acceptors (Lipinski definition) is 8. The molecule has 0 fully saturated rings. The summed E-state index contributed by atoms with van der Waals surface area (Å²) in [5.41, 5.74) is 1.67. The molecule has 1 aromatic heterocycles. The highest BCUT2D eigenvalue weighted by molar-refractivity contribution is 7.99. The second-order valence-electron chi connectivity index (χ2n) is 6.68. The summed E-state index contributed by atoms with van der Waals surface area (Å²) in [6.45, 7) is 3.83. The van der Waals surface area contributed by atoms with E-state index < -0.39 is 11.9 Å². The zero-order valence-corrected chi connectivity index (χ0v) is 18.4. The van der Waals surface area contributed by atoms with Gasteiger partial charge in [-0.05, 0) is 31.0 Å². The lowest BCUT2D eigenvalue weighted by Gasteiger charge is -2.29. The molecule has 160 valence electrons. The molecule has 1 aliphatic rings. The molecule has 0 saturated heterocycles. The third kappa shape index (κ3) is 4.02. The number of nitrogens with zero attached hydrogens (tertiary/aromatic N) is 1. The summed E-state index contributed by atoms with van der Waals surface area (Å²) in [6, 6.07) is 5.30. The lowest BCUT2D eigenvalue weighted by atomic mass is 9.82. The SMILES string of the molecule is CCCSc1nc2c(c(=O)[nH]1)[C@@H](c1ccc(OC)c(OC)c1)C(C(=O)OC)=C(C)N2. The number of anilines is 1. The Morgan fingerprint density at radius 3 is 2.57 bits per heavy atom. The molecule has 2 aromatic rings. The maximum Gasteiger partial charge on any atom is 0.336 e. The fourth-order valence-corrected chi connectivity index (χ4v) is 4.16. The van der Waals surface area contributed by atoms with Crippen molar-refractivity contribution in [2.75, 3.05) is 32.4 Å². The van der Waals surface area contributed by atoms with Gasteiger partial charge in [0.15, 0.2) is 16.7 Å². The predicted octanol–water partition coefficient (Wildman–Crippen LogP) is 3.29. The number of carbonyl (C=O) groups excluding carboxylic acids is 1. The van der Waals surface area contributed by atoms with Crippen molar-refractivity contribution in [3.05, 3.63) is 50.9 Å². The minimum atomic E-state index is -0.671. The summed E-state index contributed by atoms with van der Waals surface area (Å²) in [4.78, 5) is 33.2. The first-order chi connectivity index (χ1) is 14.4. The van der Waals surface area contributed by atoms with Crippen molar-refractivity contribution in [3.8, 4) is 11.5 Å². The summed E-state index contributed by atoms with van der Waals surface area (Å²) in [5.74, 6) is 1.13. The first-order valence-corrected chi connectivity index (χ1v) is 10.5. The number of fused-ring (bicyclic) bond motifs is 1. The standard InChI is InChI=1S/C21H25N3O5S/c1-6-9-30-21-23-18-17(19(25)24-21)16(15(11(2)22-18)20(26)29-5)12-7-8-13(27-3)14(10-12)28-4/h7-8,10,16H,6,9H2,1-5H3,(H2,22,23,24,25)/t16-/m0/s1. The van der Waals surface area contributed by atoms with Crippen molar-refractivity contribution in [1.82, 2.24) is 9.97 Å². The third-order valence-electron chi connectivity index (χ3n) is 4.81. The van der Waals surface area contributed by atoms with Gasteiger partial charge in [0.2, 0.25) is 0 Å². The van der Waals surface area contributed by atoms with E-state index in [4.69, 9.17) is 14.2 Å². The highest BCUT2D eigenvalue weighted by atomic mass is 32.2. The number of esters is 1. The molecule has 2 heterocycles. The van der Waals surface area contributed by atoms with Crippen LogP contribution in [-0.2, 0) is 9.53 Å². The summed E-state index contributed by atoms with van der Waals surface area (Å²) in [7, 11) is 4.40. The van der Waals surface area contributed by atoms with Crippen molar-refractivity contribution < 1.29 is 19.0 Å². The average Bonchev–Trinajstić information content (AvgIpc) is 2.75. The summed E-state index contributed by atoms with van der Waals surface area (Å²) >= 11 is 1.48. The van der Waals surface area contributed by atoms with E-state index in [1.165, 1.54) is 26.0 Å². The van der Waals surface area contributed by atoms with Crippen LogP contribution in [0, 0.1) is 0 Å². The molecule has 30 heavy (non-hydrogen) atoms. The quantitative estimate of drug-likeness (QED) is 0.391. The molecule has 1 aromatic carbocycles. The first kappa shape index (κ1) is 21.8. The number of benzene rings is 1. The van der Waals surface area contributed by atoms with Crippen LogP contribution in [0.5, 0.6) is 11.5 Å². The van der Waals surface area contributed by atoms with Gasteiger partial charge in [0, 0.05) is 11.4 Å². The van der Waals surface area contributed by atoms with E-state index in [9.17, 15) is 9.59 Å². The number of aromatic amines is 1. The average molecular weight is 432 g/mol. The fourth-order valence-electron chi connectivity index (χ4n) is 3.44. The topological polar surface area (TPSA) is 103 Å². The van der Waals surface area contributed by atoms with Crippen LogP contribution in [-0.4, -0.2) is 43.0 Å². The van der Waals surface area contributed by atoms with Gasteiger partial charge in [-0.15, -0.1) is 0 Å². The predicted molar refractivity (Wildman–Crippen MR) is 116 cm³/mol. The molecule has 9 heteroatoms. The van der Waals surface area contributed by atoms with Crippen LogP contribution < -0.4 is 20.3 Å². The Balaban J connectivity index is 2.23. The maximum absolute atomic E-state index is 13.1. The van der Waals surface area contributed by atoms with Crippen molar-refractivity contribution in [1.29, 1.82) is 0 Å². The molecule has 8 nitrogen and oxygen atoms in total. The number of nitrogens with one attached hydrogen (secondary N) is 2. The van der Waals surface area contributed by atoms with Crippen LogP contribution >= 0.6 is 11.8 Å². The van der Waals surface area contributed by atoms with Gasteiger partial charge in [0.25, 0.3) is 5.56 Å². The molecule has 0 radical (unpaired) electrons. The molecule has 0 unspecified atom stereocenters. The summed E-state index contributed by atoms with van der Waals surface area (Å²) in [5, 5.41) is 3.65. The van der Waals surface area contributed by atoms with E-state index in [-0.39, 0.29) is 5.56 Å². The number of carbonyl (C=O) groups is 1. The van der Waals surface area contributed by atoms with Crippen molar-refractivity contribution in [2.24, 2.45) is 0 Å². The number of ether oxygens (including phenoxy) is 3. The summed E-state index contributed by atoms with van der Waals surface area (Å²) in [6.07, 6.45) is 0.957. The Labute approximate surface area is 179 Å². The van der Waals surface area contributed by atoms with Gasteiger partial charge in [-0.25, -0.2) is 9.78 Å². The van der Waals surface area contributed by atoms with Gasteiger partial charge in [0.1, 0.15) is 5.82 Å². The molecule has 0 bridgehead atoms. The first-order valence-electron chi connectivity index (χ1n) is 9.50. The molecule has 3 rings (SSSR count). The zero-order valence-electron chi connectivity index (χ0n) is 17.6. The molecule has 0 spiro atoms. The Morgan fingerprint density at radius 1 is 1.20 bits per heavy atom. The fraction of sp³-hybridized carbons (Fsp3) is 0.381. The van der Waals surface area contributed by atoms with E-state index in [2.05, 4.69) is 22.2 Å². The molecular formula is C21H25N3O5S. The van der Waals surface area contributed by atoms with Crippen molar-refractivity contribution in [3.63, 3.8) is 0 Å². The largest absolute Gasteiger partial charge is 0.493 e. The highest BCUT2D eigenvalue weighted by Gasteiger charge is 2.36. The number of rotatable bonds is 7. The number of aromatic nitrogens is 2. The van der Waals surface area contributed by atoms with Gasteiger partial charge in [-0.3, -0.25) is 4.79 Å². The van der Waals surface area contributed by atoms with E-state index >= 15 is 0 Å². The van der Waals surface area contributed by atoms with Gasteiger partial charge in [-0.1, -0.05) is 24.8 Å². The van der Waals surface area contributed by atoms with E-state index in [1.54, 1.807) is 32.2 Å². The van der Waals surface area contributed by atoms with Crippen LogP contribution in [0.3, 0.4) is 0 Å². The van der Waals surface area contributed by atoms with E-state index in [1.807, 2.05) is 0 Å². The van der Waals surface area contributed by atoms with E-state index in [0.29, 0.717) is 44.9 Å². The van der Waals surface area contributed by atoms with E-state index in [0.717, 1.165) is 12.2 Å². The smallest absolute Gasteiger partial charge is 0.336 e. The molecule has 1 aliphatic heterocycles. The van der Waals surface area contributed by atoms with Crippen molar-refractivity contribution >= 4 is 23.5 Å². The monoisotopic (exact) mass is 431 g/mol. The highest BCUT2D eigenvalue weighted by Crippen LogP contribution is 2.42. The molecule has 0 amide bonds. The number of methoxy groups -OCH3 is 3. The number of allylic oxidation sites excluding steroid dienone is 1. The van der Waals surface area contributed by atoms with Gasteiger partial charge in [0.05, 0.1) is 38.4 Å². The summed E-state index contributed by atoms with van der Waals surface area (Å²) < 4.78 is 15.8. The maximum atomic E-state index is 13.1.